The third kappa shape index (κ3) is 5.70. The number of non-ortho nitro benzene ring substituents is 1. The maximum Gasteiger partial charge on any atom is 0.269 e. The van der Waals surface area contributed by atoms with Crippen LogP contribution in [0.5, 0.6) is 0 Å². The van der Waals surface area contributed by atoms with Crippen molar-refractivity contribution in [3.63, 3.8) is 0 Å². The molecule has 0 fully saturated rings. The molecular weight excluding hydrogens is 432 g/mol. The van der Waals surface area contributed by atoms with Crippen LogP contribution in [-0.2, 0) is 13.0 Å². The molecule has 0 N–H and O–H groups in total. The maximum atomic E-state index is 12.3. The summed E-state index contributed by atoms with van der Waals surface area (Å²) in [7, 11) is 0. The predicted molar refractivity (Wildman–Crippen MR) is 98.3 cm³/mol. The fourth-order valence-corrected chi connectivity index (χ4v) is 2.70. The van der Waals surface area contributed by atoms with Gasteiger partial charge in [-0.25, -0.2) is 0 Å². The topological polar surface area (TPSA) is 64.1 Å². The number of rotatable bonds is 6. The number of aromatic nitrogens is 1. The lowest BCUT2D eigenvalue weighted by Crippen LogP contribution is -3.00. The van der Waals surface area contributed by atoms with Gasteiger partial charge in [-0.3, -0.25) is 14.9 Å². The number of pyridine rings is 1. The molecule has 27 heavy (non-hydrogen) atoms. The van der Waals surface area contributed by atoms with E-state index in [4.69, 9.17) is 11.6 Å². The van der Waals surface area contributed by atoms with Crippen molar-refractivity contribution in [1.29, 1.82) is 0 Å². The minimum atomic E-state index is -0.410. The molecule has 1 aromatic heterocycles. The van der Waals surface area contributed by atoms with Crippen molar-refractivity contribution < 1.29 is 31.3 Å². The minimum Gasteiger partial charge on any atom is -1.00 e. The van der Waals surface area contributed by atoms with Gasteiger partial charge in [0.05, 0.1) is 4.92 Å². The molecule has 0 saturated carbocycles. The number of nitro groups is 1. The van der Waals surface area contributed by atoms with Crippen LogP contribution in [0.3, 0.4) is 0 Å². The largest absolute Gasteiger partial charge is 1.00 e. The molecule has 0 amide bonds. The van der Waals surface area contributed by atoms with E-state index in [0.717, 1.165) is 11.1 Å². The Bertz CT molecular complexity index is 927. The molecule has 0 aliphatic heterocycles. The second kappa shape index (κ2) is 9.39. The summed E-state index contributed by atoms with van der Waals surface area (Å²) in [5.74, 6) is 0.00906. The Morgan fingerprint density at radius 3 is 2.04 bits per heavy atom. The van der Waals surface area contributed by atoms with Gasteiger partial charge in [0.15, 0.2) is 12.4 Å². The summed E-state index contributed by atoms with van der Waals surface area (Å²) in [5, 5.41) is 11.3. The molecule has 0 unspecified atom stereocenters. The van der Waals surface area contributed by atoms with Gasteiger partial charge in [-0.15, -0.1) is 0 Å². The molecule has 0 aliphatic carbocycles. The summed E-state index contributed by atoms with van der Waals surface area (Å²) in [5.41, 5.74) is 2.76. The van der Waals surface area contributed by atoms with Crippen LogP contribution < -0.4 is 21.5 Å². The van der Waals surface area contributed by atoms with Crippen molar-refractivity contribution in [2.45, 2.75) is 13.0 Å². The van der Waals surface area contributed by atoms with E-state index in [0.29, 0.717) is 17.0 Å². The third-order valence-electron chi connectivity index (χ3n) is 4.01. The van der Waals surface area contributed by atoms with Crippen LogP contribution in [0.4, 0.5) is 5.69 Å². The molecule has 0 spiro atoms. The van der Waals surface area contributed by atoms with Gasteiger partial charge in [0.2, 0.25) is 12.3 Å². The number of nitrogens with zero attached hydrogens (tertiary/aromatic N) is 2. The van der Waals surface area contributed by atoms with Crippen LogP contribution in [0.25, 0.3) is 0 Å². The van der Waals surface area contributed by atoms with Crippen molar-refractivity contribution in [1.82, 2.24) is 0 Å². The van der Waals surface area contributed by atoms with E-state index in [-0.39, 0.29) is 35.0 Å². The number of hydrogen-bond acceptors (Lipinski definition) is 3. The Balaban J connectivity index is 0.00000261. The van der Waals surface area contributed by atoms with Gasteiger partial charge < -0.3 is 17.0 Å². The zero-order valence-electron chi connectivity index (χ0n) is 14.2. The molecule has 138 valence electrons. The lowest BCUT2D eigenvalue weighted by Gasteiger charge is -2.02. The first-order valence-electron chi connectivity index (χ1n) is 8.01. The van der Waals surface area contributed by atoms with Gasteiger partial charge >= 0.3 is 0 Å². The number of nitro benzene ring substituents is 1. The number of benzene rings is 2. The van der Waals surface area contributed by atoms with E-state index in [1.807, 2.05) is 29.1 Å². The van der Waals surface area contributed by atoms with E-state index in [1.165, 1.54) is 12.1 Å². The number of Topliss-reactive ketones (excluding diaryl/α,β-unsaturated/α-hetero) is 1. The first-order valence-corrected chi connectivity index (χ1v) is 8.39. The second-order valence-electron chi connectivity index (χ2n) is 5.91. The van der Waals surface area contributed by atoms with Crippen molar-refractivity contribution >= 4 is 23.1 Å². The molecule has 1 heterocycles. The molecule has 0 radical (unpaired) electrons. The van der Waals surface area contributed by atoms with E-state index in [9.17, 15) is 14.9 Å². The highest BCUT2D eigenvalue weighted by Gasteiger charge is 2.12. The number of halogens is 2. The molecule has 0 atom stereocenters. The average molecular weight is 448 g/mol. The quantitative estimate of drug-likeness (QED) is 0.245. The van der Waals surface area contributed by atoms with E-state index >= 15 is 0 Å². The number of ketones is 1. The lowest BCUT2D eigenvalue weighted by atomic mass is 10.1. The summed E-state index contributed by atoms with van der Waals surface area (Å²) in [6, 6.07) is 17.2. The fourth-order valence-electron chi connectivity index (χ4n) is 2.58. The molecule has 2 aromatic carbocycles. The Hall–Kier alpha value is -2.57. The highest BCUT2D eigenvalue weighted by Crippen LogP contribution is 2.15. The number of hydrogen-bond donors (Lipinski definition) is 0. The maximum absolute atomic E-state index is 12.3. The van der Waals surface area contributed by atoms with Gasteiger partial charge in [-0.1, -0.05) is 23.7 Å². The second-order valence-corrected chi connectivity index (χ2v) is 6.35. The Labute approximate surface area is 172 Å². The Morgan fingerprint density at radius 1 is 0.926 bits per heavy atom. The zero-order valence-corrected chi connectivity index (χ0v) is 16.6. The van der Waals surface area contributed by atoms with Crippen molar-refractivity contribution in [2.24, 2.45) is 0 Å². The standard InChI is InChI=1S/C20H16ClN2O3.BrH/c21-18-5-3-17(4-6-18)20(24)14-22-11-9-16(10-12-22)13-15-1-7-19(8-2-15)23(25)26;/h1-12H,13-14H2;1H/q+1;/p-1. The minimum absolute atomic E-state index is 0. The summed E-state index contributed by atoms with van der Waals surface area (Å²) >= 11 is 5.83. The molecule has 0 aliphatic rings. The van der Waals surface area contributed by atoms with Gasteiger partial charge in [0, 0.05) is 34.9 Å². The smallest absolute Gasteiger partial charge is 0.269 e. The van der Waals surface area contributed by atoms with Crippen LogP contribution in [0.2, 0.25) is 5.02 Å². The normalized spacial score (nSPS) is 10.1. The molecule has 0 saturated heterocycles. The summed E-state index contributed by atoms with van der Waals surface area (Å²) in [6.45, 7) is 0.249. The number of carbonyl (C=O) groups is 1. The van der Waals surface area contributed by atoms with E-state index < -0.39 is 4.92 Å². The van der Waals surface area contributed by atoms with Gasteiger partial charge in [-0.2, -0.15) is 4.57 Å². The highest BCUT2D eigenvalue weighted by molar-refractivity contribution is 6.30. The molecular formula is C20H16BrClN2O3. The molecule has 7 heteroatoms. The van der Waals surface area contributed by atoms with Crippen LogP contribution >= 0.6 is 11.6 Å². The van der Waals surface area contributed by atoms with Crippen molar-refractivity contribution in [3.05, 3.63) is 105 Å². The van der Waals surface area contributed by atoms with Crippen LogP contribution in [-0.4, -0.2) is 10.7 Å². The summed E-state index contributed by atoms with van der Waals surface area (Å²) in [6.07, 6.45) is 4.38. The van der Waals surface area contributed by atoms with Crippen molar-refractivity contribution in [3.8, 4) is 0 Å². The Kier molecular flexibility index (Phi) is 7.21. The van der Waals surface area contributed by atoms with Gasteiger partial charge in [0.25, 0.3) is 5.69 Å². The fraction of sp³-hybridized carbons (Fsp3) is 0.100. The summed E-state index contributed by atoms with van der Waals surface area (Å²) < 4.78 is 1.82. The SMILES string of the molecule is O=C(C[n+]1ccc(Cc2ccc([N+](=O)[O-])cc2)cc1)c1ccc(Cl)cc1.[Br-]. The Morgan fingerprint density at radius 2 is 1.48 bits per heavy atom. The highest BCUT2D eigenvalue weighted by atomic mass is 79.9. The first-order chi connectivity index (χ1) is 12.5. The first kappa shape index (κ1) is 20.7. The lowest BCUT2D eigenvalue weighted by molar-refractivity contribution is -0.683. The average Bonchev–Trinajstić information content (AvgIpc) is 2.64. The van der Waals surface area contributed by atoms with Crippen LogP contribution in [0.1, 0.15) is 21.5 Å². The monoisotopic (exact) mass is 446 g/mol. The molecule has 5 nitrogen and oxygen atoms in total. The number of carbonyl (C=O) groups excluding carboxylic acids is 1. The molecule has 3 rings (SSSR count). The molecule has 3 aromatic rings. The van der Waals surface area contributed by atoms with E-state index in [1.54, 1.807) is 36.4 Å². The third-order valence-corrected chi connectivity index (χ3v) is 4.26. The van der Waals surface area contributed by atoms with Crippen molar-refractivity contribution in [2.75, 3.05) is 0 Å². The van der Waals surface area contributed by atoms with Gasteiger partial charge in [-0.05, 0) is 41.8 Å². The zero-order chi connectivity index (χ0) is 18.5. The predicted octanol–water partition coefficient (Wildman–Crippen LogP) is 1.01. The van der Waals surface area contributed by atoms with E-state index in [2.05, 4.69) is 0 Å². The van der Waals surface area contributed by atoms with Crippen LogP contribution in [0.15, 0.2) is 73.1 Å². The van der Waals surface area contributed by atoms with Gasteiger partial charge in [0.1, 0.15) is 0 Å². The summed E-state index contributed by atoms with van der Waals surface area (Å²) in [4.78, 5) is 22.5. The van der Waals surface area contributed by atoms with Crippen LogP contribution in [0, 0.1) is 10.1 Å². The molecule has 0 bridgehead atoms.